The maximum Gasteiger partial charge on any atom is 0.269 e. The summed E-state index contributed by atoms with van der Waals surface area (Å²) in [6, 6.07) is 0. The Bertz CT molecular complexity index is 344. The lowest BCUT2D eigenvalue weighted by Crippen LogP contribution is -2.38. The Balaban J connectivity index is 1.49. The molecule has 17 heavy (non-hydrogen) atoms. The van der Waals surface area contributed by atoms with Crippen LogP contribution in [-0.2, 0) is 9.63 Å². The summed E-state index contributed by atoms with van der Waals surface area (Å²) < 4.78 is 0. The number of carbonyl (C=O) groups is 1. The smallest absolute Gasteiger partial charge is 0.269 e. The molecule has 0 aromatic rings. The highest BCUT2D eigenvalue weighted by molar-refractivity contribution is 6.39. The topological polar surface area (TPSA) is 62.7 Å². The maximum atomic E-state index is 11.9. The van der Waals surface area contributed by atoms with E-state index in [9.17, 15) is 4.79 Å². The molecule has 0 bridgehead atoms. The Hall–Kier alpha value is -1.10. The first-order chi connectivity index (χ1) is 8.27. The van der Waals surface area contributed by atoms with E-state index in [1.165, 1.54) is 19.3 Å². The largest absolute Gasteiger partial charge is 0.387 e. The van der Waals surface area contributed by atoms with Crippen LogP contribution in [0, 0.1) is 5.92 Å². The zero-order chi connectivity index (χ0) is 11.7. The molecule has 1 amide bonds. The van der Waals surface area contributed by atoms with Gasteiger partial charge in [0.15, 0.2) is 5.60 Å². The van der Waals surface area contributed by atoms with Crippen molar-refractivity contribution in [2.75, 3.05) is 19.6 Å². The lowest BCUT2D eigenvalue weighted by molar-refractivity contribution is -0.115. The van der Waals surface area contributed by atoms with Crippen LogP contribution in [0.2, 0.25) is 0 Å². The van der Waals surface area contributed by atoms with E-state index in [1.54, 1.807) is 0 Å². The molecule has 0 aromatic heterocycles. The van der Waals surface area contributed by atoms with Crippen molar-refractivity contribution < 1.29 is 9.63 Å². The highest BCUT2D eigenvalue weighted by Gasteiger charge is 2.43. The summed E-state index contributed by atoms with van der Waals surface area (Å²) in [5.41, 5.74) is 0.330. The minimum atomic E-state index is -0.233. The van der Waals surface area contributed by atoms with E-state index in [1.807, 2.05) is 0 Å². The molecule has 2 heterocycles. The van der Waals surface area contributed by atoms with Crippen LogP contribution >= 0.6 is 0 Å². The molecule has 1 aliphatic carbocycles. The maximum absolute atomic E-state index is 11.9. The minimum absolute atomic E-state index is 0.0410. The first-order valence-electron chi connectivity index (χ1n) is 6.51. The van der Waals surface area contributed by atoms with Crippen molar-refractivity contribution in [3.05, 3.63) is 0 Å². The molecular weight excluding hydrogens is 218 g/mol. The van der Waals surface area contributed by atoms with Crippen LogP contribution in [0.4, 0.5) is 0 Å². The van der Waals surface area contributed by atoms with Crippen molar-refractivity contribution in [1.29, 1.82) is 0 Å². The summed E-state index contributed by atoms with van der Waals surface area (Å²) in [5.74, 6) is 0.643. The van der Waals surface area contributed by atoms with E-state index in [2.05, 4.69) is 15.8 Å². The molecule has 2 aliphatic heterocycles. The van der Waals surface area contributed by atoms with E-state index in [-0.39, 0.29) is 11.5 Å². The van der Waals surface area contributed by atoms with Gasteiger partial charge in [0.1, 0.15) is 5.71 Å². The van der Waals surface area contributed by atoms with Gasteiger partial charge in [-0.1, -0.05) is 11.6 Å². The number of amides is 1. The molecule has 5 heteroatoms. The first kappa shape index (κ1) is 11.0. The fourth-order valence-electron chi connectivity index (χ4n) is 2.63. The summed E-state index contributed by atoms with van der Waals surface area (Å²) in [7, 11) is 0. The van der Waals surface area contributed by atoms with Gasteiger partial charge in [-0.3, -0.25) is 4.79 Å². The van der Waals surface area contributed by atoms with Crippen molar-refractivity contribution in [2.45, 2.75) is 37.7 Å². The molecule has 94 valence electrons. The van der Waals surface area contributed by atoms with E-state index in [0.29, 0.717) is 18.1 Å². The van der Waals surface area contributed by atoms with E-state index in [4.69, 9.17) is 4.84 Å². The van der Waals surface area contributed by atoms with Gasteiger partial charge in [0.05, 0.1) is 0 Å². The van der Waals surface area contributed by atoms with Gasteiger partial charge < -0.3 is 15.5 Å². The van der Waals surface area contributed by atoms with Gasteiger partial charge in [-0.05, 0) is 25.3 Å². The summed E-state index contributed by atoms with van der Waals surface area (Å²) in [4.78, 5) is 17.3. The lowest BCUT2D eigenvalue weighted by Gasteiger charge is -2.25. The van der Waals surface area contributed by atoms with Crippen molar-refractivity contribution in [3.63, 3.8) is 0 Å². The van der Waals surface area contributed by atoms with Gasteiger partial charge in [-0.25, -0.2) is 0 Å². The van der Waals surface area contributed by atoms with Crippen molar-refractivity contribution in [1.82, 2.24) is 10.6 Å². The molecule has 3 rings (SSSR count). The average Bonchev–Trinajstić information content (AvgIpc) is 2.87. The zero-order valence-electron chi connectivity index (χ0n) is 10.00. The summed E-state index contributed by atoms with van der Waals surface area (Å²) in [6.45, 7) is 2.55. The Labute approximate surface area is 101 Å². The molecule has 1 atom stereocenters. The van der Waals surface area contributed by atoms with Gasteiger partial charge >= 0.3 is 0 Å². The van der Waals surface area contributed by atoms with Gasteiger partial charge in [0.25, 0.3) is 5.91 Å². The van der Waals surface area contributed by atoms with Gasteiger partial charge in [0.2, 0.25) is 0 Å². The van der Waals surface area contributed by atoms with Crippen LogP contribution in [0.1, 0.15) is 32.1 Å². The monoisotopic (exact) mass is 237 g/mol. The van der Waals surface area contributed by atoms with Crippen molar-refractivity contribution in [2.24, 2.45) is 11.1 Å². The second-order valence-corrected chi connectivity index (χ2v) is 5.42. The zero-order valence-corrected chi connectivity index (χ0v) is 10.00. The van der Waals surface area contributed by atoms with Crippen LogP contribution in [0.15, 0.2) is 5.16 Å². The Kier molecular flexibility index (Phi) is 2.78. The second-order valence-electron chi connectivity index (χ2n) is 5.42. The lowest BCUT2D eigenvalue weighted by atomic mass is 9.85. The Morgan fingerprint density at radius 1 is 1.59 bits per heavy atom. The third-order valence-electron chi connectivity index (χ3n) is 4.08. The van der Waals surface area contributed by atoms with Crippen LogP contribution in [0.3, 0.4) is 0 Å². The van der Waals surface area contributed by atoms with Gasteiger partial charge in [0, 0.05) is 25.9 Å². The third kappa shape index (κ3) is 2.16. The highest BCUT2D eigenvalue weighted by Crippen LogP contribution is 2.30. The van der Waals surface area contributed by atoms with Crippen LogP contribution < -0.4 is 10.6 Å². The number of nitrogens with zero attached hydrogens (tertiary/aromatic N) is 1. The van der Waals surface area contributed by atoms with E-state index in [0.717, 1.165) is 26.1 Å². The number of hydrogen-bond acceptors (Lipinski definition) is 4. The van der Waals surface area contributed by atoms with Crippen molar-refractivity contribution >= 4 is 11.6 Å². The van der Waals surface area contributed by atoms with E-state index < -0.39 is 0 Å². The quantitative estimate of drug-likeness (QED) is 0.747. The molecule has 1 unspecified atom stereocenters. The molecule has 5 nitrogen and oxygen atoms in total. The molecule has 1 saturated heterocycles. The molecule has 0 radical (unpaired) electrons. The molecule has 2 fully saturated rings. The predicted molar refractivity (Wildman–Crippen MR) is 63.7 cm³/mol. The molecule has 3 aliphatic rings. The van der Waals surface area contributed by atoms with Gasteiger partial charge in [-0.15, -0.1) is 0 Å². The number of rotatable bonds is 3. The molecule has 2 N–H and O–H groups in total. The van der Waals surface area contributed by atoms with Crippen LogP contribution in [0.25, 0.3) is 0 Å². The summed E-state index contributed by atoms with van der Waals surface area (Å²) in [6.07, 6.45) is 5.39. The fourth-order valence-corrected chi connectivity index (χ4v) is 2.63. The van der Waals surface area contributed by atoms with Crippen LogP contribution in [-0.4, -0.2) is 36.9 Å². The molecule has 1 spiro atoms. The van der Waals surface area contributed by atoms with Crippen molar-refractivity contribution in [3.8, 4) is 0 Å². The third-order valence-corrected chi connectivity index (χ3v) is 4.08. The standard InChI is InChI=1S/C12H19N3O2/c16-11(14-7-9-2-1-3-9)10-6-12(17-15-10)4-5-13-8-12/h9,13H,1-8H2,(H,14,16). The first-order valence-corrected chi connectivity index (χ1v) is 6.51. The molecule has 1 saturated carbocycles. The predicted octanol–water partition coefficient (Wildman–Crippen LogP) is 0.411. The average molecular weight is 237 g/mol. The highest BCUT2D eigenvalue weighted by atomic mass is 16.7. The number of oxime groups is 1. The Morgan fingerprint density at radius 2 is 2.47 bits per heavy atom. The normalized spacial score (nSPS) is 32.1. The van der Waals surface area contributed by atoms with Crippen LogP contribution in [0.5, 0.6) is 0 Å². The fraction of sp³-hybridized carbons (Fsp3) is 0.833. The number of nitrogens with one attached hydrogen (secondary N) is 2. The van der Waals surface area contributed by atoms with E-state index >= 15 is 0 Å². The minimum Gasteiger partial charge on any atom is -0.387 e. The SMILES string of the molecule is O=C(NCC1CCC1)C1=NOC2(CCNC2)C1. The number of carbonyl (C=O) groups excluding carboxylic acids is 1. The summed E-state index contributed by atoms with van der Waals surface area (Å²) >= 11 is 0. The molecule has 0 aromatic carbocycles. The Morgan fingerprint density at radius 3 is 3.12 bits per heavy atom. The number of hydrogen-bond donors (Lipinski definition) is 2. The second kappa shape index (κ2) is 4.29. The molecular formula is C12H19N3O2. The summed E-state index contributed by atoms with van der Waals surface area (Å²) in [5, 5.41) is 10.2. The van der Waals surface area contributed by atoms with Gasteiger partial charge in [-0.2, -0.15) is 0 Å².